The lowest BCUT2D eigenvalue weighted by Crippen LogP contribution is -2.44. The normalized spacial score (nSPS) is 16.8. The third kappa shape index (κ3) is 4.54. The Labute approximate surface area is 174 Å². The third-order valence-corrected chi connectivity index (χ3v) is 5.76. The molecule has 152 valence electrons. The standard InChI is InChI=1S/C21H25N5O2S/c1-22-21(23-12-16-14-28-20(24-16)19-8-5-11-29-19)25-15-9-10-26(13-15)17-6-3-4-7-18(17)27-2/h3-8,11,14-15H,9-10,12-13H2,1-2H3,(H2,22,23,25). The molecule has 1 fully saturated rings. The number of thiophene rings is 1. The van der Waals surface area contributed by atoms with Crippen LogP contribution < -0.4 is 20.3 Å². The van der Waals surface area contributed by atoms with Crippen molar-refractivity contribution in [1.82, 2.24) is 15.6 Å². The van der Waals surface area contributed by atoms with Gasteiger partial charge in [-0.15, -0.1) is 11.3 Å². The van der Waals surface area contributed by atoms with Crippen LogP contribution in [0.5, 0.6) is 5.75 Å². The molecule has 3 heterocycles. The van der Waals surface area contributed by atoms with Crippen LogP contribution in [0.1, 0.15) is 12.1 Å². The van der Waals surface area contributed by atoms with Crippen LogP contribution in [0, 0.1) is 0 Å². The van der Waals surface area contributed by atoms with Crippen molar-refractivity contribution in [3.05, 3.63) is 53.7 Å². The van der Waals surface area contributed by atoms with E-state index in [0.29, 0.717) is 18.5 Å². The molecule has 0 saturated carbocycles. The number of hydrogen-bond acceptors (Lipinski definition) is 6. The number of oxazole rings is 1. The Morgan fingerprint density at radius 2 is 2.24 bits per heavy atom. The second-order valence-corrected chi connectivity index (χ2v) is 7.74. The van der Waals surface area contributed by atoms with Crippen LogP contribution in [0.3, 0.4) is 0 Å². The molecule has 1 aromatic carbocycles. The predicted octanol–water partition coefficient (Wildman–Crippen LogP) is 3.36. The number of para-hydroxylation sites is 2. The van der Waals surface area contributed by atoms with Crippen LogP contribution in [0.25, 0.3) is 10.8 Å². The van der Waals surface area contributed by atoms with Crippen molar-refractivity contribution >= 4 is 23.0 Å². The topological polar surface area (TPSA) is 74.9 Å². The van der Waals surface area contributed by atoms with Crippen LogP contribution in [0.15, 0.2) is 57.5 Å². The maximum atomic E-state index is 5.57. The summed E-state index contributed by atoms with van der Waals surface area (Å²) in [5.41, 5.74) is 1.98. The molecule has 0 radical (unpaired) electrons. The summed E-state index contributed by atoms with van der Waals surface area (Å²) in [6.45, 7) is 2.42. The SMILES string of the molecule is CN=C(NCc1coc(-c2cccs2)n1)NC1CCN(c2ccccc2OC)C1. The minimum atomic E-state index is 0.310. The van der Waals surface area contributed by atoms with Crippen LogP contribution in [-0.4, -0.2) is 44.2 Å². The van der Waals surface area contributed by atoms with Gasteiger partial charge in [-0.05, 0) is 30.0 Å². The van der Waals surface area contributed by atoms with Gasteiger partial charge in [0.1, 0.15) is 12.0 Å². The van der Waals surface area contributed by atoms with Gasteiger partial charge in [-0.25, -0.2) is 4.98 Å². The largest absolute Gasteiger partial charge is 0.495 e. The Kier molecular flexibility index (Phi) is 6.00. The van der Waals surface area contributed by atoms with Gasteiger partial charge < -0.3 is 24.7 Å². The number of rotatable bonds is 6. The lowest BCUT2D eigenvalue weighted by molar-refractivity contribution is 0.415. The molecule has 1 aliphatic rings. The summed E-state index contributed by atoms with van der Waals surface area (Å²) in [7, 11) is 3.49. The van der Waals surface area contributed by atoms with E-state index in [4.69, 9.17) is 9.15 Å². The highest BCUT2D eigenvalue weighted by molar-refractivity contribution is 7.13. The number of methoxy groups -OCH3 is 1. The first-order chi connectivity index (χ1) is 14.3. The maximum absolute atomic E-state index is 5.57. The molecule has 0 aliphatic carbocycles. The summed E-state index contributed by atoms with van der Waals surface area (Å²) < 4.78 is 11.1. The molecule has 0 bridgehead atoms. The van der Waals surface area contributed by atoms with Gasteiger partial charge in [0.2, 0.25) is 5.89 Å². The molecule has 29 heavy (non-hydrogen) atoms. The fraction of sp³-hybridized carbons (Fsp3) is 0.333. The minimum absolute atomic E-state index is 0.310. The minimum Gasteiger partial charge on any atom is -0.495 e. The van der Waals surface area contributed by atoms with E-state index in [1.54, 1.807) is 31.8 Å². The Hall–Kier alpha value is -3.00. The summed E-state index contributed by atoms with van der Waals surface area (Å²) in [4.78, 5) is 12.3. The summed E-state index contributed by atoms with van der Waals surface area (Å²) in [6.07, 6.45) is 2.72. The van der Waals surface area contributed by atoms with E-state index in [1.807, 2.05) is 35.7 Å². The number of anilines is 1. The first kappa shape index (κ1) is 19.3. The van der Waals surface area contributed by atoms with Gasteiger partial charge in [0.15, 0.2) is 5.96 Å². The maximum Gasteiger partial charge on any atom is 0.236 e. The number of guanidine groups is 1. The Morgan fingerprint density at radius 3 is 3.03 bits per heavy atom. The second kappa shape index (κ2) is 9.00. The Balaban J connectivity index is 1.31. The smallest absolute Gasteiger partial charge is 0.236 e. The van der Waals surface area contributed by atoms with E-state index in [2.05, 4.69) is 31.6 Å². The van der Waals surface area contributed by atoms with E-state index in [0.717, 1.165) is 47.5 Å². The number of benzene rings is 1. The van der Waals surface area contributed by atoms with Crippen LogP contribution in [0.2, 0.25) is 0 Å². The summed E-state index contributed by atoms with van der Waals surface area (Å²) in [5.74, 6) is 2.32. The zero-order valence-electron chi connectivity index (χ0n) is 16.6. The lowest BCUT2D eigenvalue weighted by atomic mass is 10.2. The lowest BCUT2D eigenvalue weighted by Gasteiger charge is -2.22. The quantitative estimate of drug-likeness (QED) is 0.479. The number of aliphatic imine (C=N–C) groups is 1. The fourth-order valence-corrected chi connectivity index (χ4v) is 4.11. The van der Waals surface area contributed by atoms with Crippen molar-refractivity contribution < 1.29 is 9.15 Å². The molecular weight excluding hydrogens is 386 g/mol. The molecule has 7 nitrogen and oxygen atoms in total. The van der Waals surface area contributed by atoms with Crippen molar-refractivity contribution in [1.29, 1.82) is 0 Å². The van der Waals surface area contributed by atoms with Gasteiger partial charge in [-0.3, -0.25) is 4.99 Å². The molecule has 2 aromatic heterocycles. The summed E-state index contributed by atoms with van der Waals surface area (Å²) >= 11 is 1.61. The molecule has 1 atom stereocenters. The van der Waals surface area contributed by atoms with E-state index in [-0.39, 0.29) is 0 Å². The molecule has 2 N–H and O–H groups in total. The number of nitrogens with zero attached hydrogens (tertiary/aromatic N) is 3. The molecule has 1 unspecified atom stereocenters. The van der Waals surface area contributed by atoms with Crippen molar-refractivity contribution in [3.8, 4) is 16.5 Å². The molecule has 1 aliphatic heterocycles. The third-order valence-electron chi connectivity index (χ3n) is 4.90. The Morgan fingerprint density at radius 1 is 1.34 bits per heavy atom. The molecular formula is C21H25N5O2S. The number of aromatic nitrogens is 1. The van der Waals surface area contributed by atoms with Crippen molar-refractivity contribution in [3.63, 3.8) is 0 Å². The fourth-order valence-electron chi connectivity index (χ4n) is 3.45. The molecule has 8 heteroatoms. The van der Waals surface area contributed by atoms with Gasteiger partial charge in [-0.1, -0.05) is 18.2 Å². The van der Waals surface area contributed by atoms with Gasteiger partial charge >= 0.3 is 0 Å². The van der Waals surface area contributed by atoms with Crippen molar-refractivity contribution in [2.45, 2.75) is 19.0 Å². The van der Waals surface area contributed by atoms with Crippen molar-refractivity contribution in [2.75, 3.05) is 32.1 Å². The summed E-state index contributed by atoms with van der Waals surface area (Å²) in [6, 6.07) is 12.4. The summed E-state index contributed by atoms with van der Waals surface area (Å²) in [5, 5.41) is 8.85. The zero-order valence-corrected chi connectivity index (χ0v) is 17.4. The van der Waals surface area contributed by atoms with E-state index >= 15 is 0 Å². The first-order valence-electron chi connectivity index (χ1n) is 9.60. The van der Waals surface area contributed by atoms with Crippen LogP contribution in [0.4, 0.5) is 5.69 Å². The highest BCUT2D eigenvalue weighted by Gasteiger charge is 2.25. The first-order valence-corrected chi connectivity index (χ1v) is 10.5. The average molecular weight is 412 g/mol. The number of ether oxygens (including phenoxy) is 1. The highest BCUT2D eigenvalue weighted by atomic mass is 32.1. The van der Waals surface area contributed by atoms with E-state index in [9.17, 15) is 0 Å². The average Bonchev–Trinajstić information content (AvgIpc) is 3.52. The monoisotopic (exact) mass is 411 g/mol. The molecule has 3 aromatic rings. The van der Waals surface area contributed by atoms with E-state index < -0.39 is 0 Å². The zero-order chi connectivity index (χ0) is 20.1. The van der Waals surface area contributed by atoms with E-state index in [1.165, 1.54) is 0 Å². The van der Waals surface area contributed by atoms with Crippen LogP contribution in [-0.2, 0) is 6.54 Å². The molecule has 4 rings (SSSR count). The number of nitrogens with one attached hydrogen (secondary N) is 2. The molecule has 0 amide bonds. The van der Waals surface area contributed by atoms with Gasteiger partial charge in [-0.2, -0.15) is 0 Å². The van der Waals surface area contributed by atoms with Gasteiger partial charge in [0.05, 0.1) is 29.9 Å². The molecule has 1 saturated heterocycles. The van der Waals surface area contributed by atoms with Crippen LogP contribution >= 0.6 is 11.3 Å². The van der Waals surface area contributed by atoms with Gasteiger partial charge in [0, 0.05) is 26.2 Å². The molecule has 0 spiro atoms. The Bertz CT molecular complexity index is 954. The second-order valence-electron chi connectivity index (χ2n) is 6.79. The predicted molar refractivity (Wildman–Crippen MR) is 117 cm³/mol. The highest BCUT2D eigenvalue weighted by Crippen LogP contribution is 2.30. The van der Waals surface area contributed by atoms with Gasteiger partial charge in [0.25, 0.3) is 0 Å². The van der Waals surface area contributed by atoms with Crippen molar-refractivity contribution in [2.24, 2.45) is 4.99 Å². The number of hydrogen-bond donors (Lipinski definition) is 2.